The molecule has 1 aromatic rings. The van der Waals surface area contributed by atoms with Gasteiger partial charge in [0.25, 0.3) is 0 Å². The minimum absolute atomic E-state index is 0.0324. The highest BCUT2D eigenvalue weighted by Crippen LogP contribution is 2.12. The quantitative estimate of drug-likeness (QED) is 0.292. The maximum atomic E-state index is 11.3. The van der Waals surface area contributed by atoms with Gasteiger partial charge in [-0.15, -0.1) is 0 Å². The molecule has 0 atom stereocenters. The van der Waals surface area contributed by atoms with Crippen LogP contribution in [0, 0.1) is 0 Å². The number of hydrazone groups is 1. The van der Waals surface area contributed by atoms with Crippen LogP contribution in [0.2, 0.25) is 0 Å². The number of para-hydroxylation sites is 1. The molecule has 0 heterocycles. The van der Waals surface area contributed by atoms with Crippen molar-refractivity contribution in [3.05, 3.63) is 29.8 Å². The molecule has 0 aliphatic carbocycles. The predicted molar refractivity (Wildman–Crippen MR) is 68.7 cm³/mol. The second kappa shape index (κ2) is 7.83. The van der Waals surface area contributed by atoms with Crippen LogP contribution >= 0.6 is 0 Å². The Balaban J connectivity index is 2.41. The van der Waals surface area contributed by atoms with Gasteiger partial charge in [-0.25, -0.2) is 5.43 Å². The van der Waals surface area contributed by atoms with E-state index in [1.54, 1.807) is 18.2 Å². The number of phenolic OH excluding ortho intramolecular Hbond substituents is 1. The normalized spacial score (nSPS) is 10.4. The third-order valence-corrected chi connectivity index (χ3v) is 2.10. The first-order valence-electron chi connectivity index (χ1n) is 5.53. The Labute approximate surface area is 110 Å². The number of methoxy groups -OCH3 is 1. The number of carbonyl (C=O) groups is 2. The fraction of sp³-hybridized carbons (Fsp3) is 0.250. The number of hydrogen-bond donors (Lipinski definition) is 3. The average Bonchev–Trinajstić information content (AvgIpc) is 2.41. The van der Waals surface area contributed by atoms with Crippen molar-refractivity contribution in [2.45, 2.75) is 0 Å². The summed E-state index contributed by atoms with van der Waals surface area (Å²) >= 11 is 0. The van der Waals surface area contributed by atoms with Crippen LogP contribution in [0.15, 0.2) is 29.4 Å². The van der Waals surface area contributed by atoms with Gasteiger partial charge in [-0.05, 0) is 12.1 Å². The maximum Gasteiger partial charge on any atom is 0.329 e. The van der Waals surface area contributed by atoms with E-state index < -0.39 is 11.8 Å². The van der Waals surface area contributed by atoms with Gasteiger partial charge in [0.2, 0.25) is 0 Å². The van der Waals surface area contributed by atoms with Crippen molar-refractivity contribution >= 4 is 18.0 Å². The molecule has 1 rings (SSSR count). The van der Waals surface area contributed by atoms with E-state index in [-0.39, 0.29) is 12.3 Å². The van der Waals surface area contributed by atoms with E-state index in [2.05, 4.69) is 15.8 Å². The van der Waals surface area contributed by atoms with Gasteiger partial charge >= 0.3 is 11.8 Å². The lowest BCUT2D eigenvalue weighted by Crippen LogP contribution is -2.39. The summed E-state index contributed by atoms with van der Waals surface area (Å²) in [6.45, 7) is 0.562. The molecule has 0 saturated carbocycles. The fourth-order valence-electron chi connectivity index (χ4n) is 1.15. The minimum atomic E-state index is -0.886. The van der Waals surface area contributed by atoms with E-state index >= 15 is 0 Å². The van der Waals surface area contributed by atoms with Crippen molar-refractivity contribution in [3.8, 4) is 5.75 Å². The molecule has 102 valence electrons. The largest absolute Gasteiger partial charge is 0.507 e. The summed E-state index contributed by atoms with van der Waals surface area (Å²) in [5.74, 6) is -1.65. The number of phenols is 1. The van der Waals surface area contributed by atoms with Crippen LogP contribution in [0.1, 0.15) is 5.56 Å². The molecule has 0 fully saturated rings. The molecular weight excluding hydrogens is 250 g/mol. The molecule has 0 saturated heterocycles. The number of benzene rings is 1. The molecule has 7 heteroatoms. The number of carbonyl (C=O) groups excluding carboxylic acids is 2. The maximum absolute atomic E-state index is 11.3. The topological polar surface area (TPSA) is 100 Å². The summed E-state index contributed by atoms with van der Waals surface area (Å²) in [5.41, 5.74) is 2.48. The van der Waals surface area contributed by atoms with Gasteiger partial charge in [0.05, 0.1) is 12.8 Å². The minimum Gasteiger partial charge on any atom is -0.507 e. The Morgan fingerprint density at radius 1 is 1.37 bits per heavy atom. The zero-order valence-electron chi connectivity index (χ0n) is 10.4. The zero-order valence-corrected chi connectivity index (χ0v) is 10.4. The molecule has 0 bridgehead atoms. The van der Waals surface area contributed by atoms with Crippen LogP contribution in [-0.4, -0.2) is 43.4 Å². The van der Waals surface area contributed by atoms with E-state index in [0.717, 1.165) is 0 Å². The molecule has 0 unspecified atom stereocenters. The third kappa shape index (κ3) is 5.17. The van der Waals surface area contributed by atoms with Gasteiger partial charge in [-0.2, -0.15) is 5.10 Å². The lowest BCUT2D eigenvalue weighted by Gasteiger charge is -2.02. The highest BCUT2D eigenvalue weighted by molar-refractivity contribution is 6.35. The number of nitrogens with one attached hydrogen (secondary N) is 2. The van der Waals surface area contributed by atoms with E-state index in [0.29, 0.717) is 12.2 Å². The summed E-state index contributed by atoms with van der Waals surface area (Å²) in [6, 6.07) is 6.47. The van der Waals surface area contributed by atoms with Gasteiger partial charge in [-0.3, -0.25) is 9.59 Å². The molecule has 0 aliphatic rings. The highest BCUT2D eigenvalue weighted by atomic mass is 16.5. The summed E-state index contributed by atoms with van der Waals surface area (Å²) < 4.78 is 4.72. The van der Waals surface area contributed by atoms with Gasteiger partial charge in [0, 0.05) is 19.2 Å². The molecule has 0 aromatic heterocycles. The number of aromatic hydroxyl groups is 1. The second-order valence-corrected chi connectivity index (χ2v) is 3.51. The Morgan fingerprint density at radius 3 is 2.79 bits per heavy atom. The molecule has 3 N–H and O–H groups in total. The van der Waals surface area contributed by atoms with Crippen molar-refractivity contribution in [1.29, 1.82) is 0 Å². The first kappa shape index (κ1) is 14.7. The number of rotatable bonds is 5. The molecule has 0 spiro atoms. The first-order valence-corrected chi connectivity index (χ1v) is 5.53. The van der Waals surface area contributed by atoms with Crippen LogP contribution < -0.4 is 10.7 Å². The van der Waals surface area contributed by atoms with Crippen LogP contribution in [0.5, 0.6) is 5.75 Å². The molecule has 0 aliphatic heterocycles. The summed E-state index contributed by atoms with van der Waals surface area (Å²) in [4.78, 5) is 22.5. The Morgan fingerprint density at radius 2 is 2.11 bits per heavy atom. The Kier molecular flexibility index (Phi) is 6.04. The highest BCUT2D eigenvalue weighted by Gasteiger charge is 2.11. The molecule has 19 heavy (non-hydrogen) atoms. The van der Waals surface area contributed by atoms with E-state index in [1.165, 1.54) is 19.4 Å². The second-order valence-electron chi connectivity index (χ2n) is 3.51. The molecule has 1 aromatic carbocycles. The monoisotopic (exact) mass is 265 g/mol. The third-order valence-electron chi connectivity index (χ3n) is 2.10. The van der Waals surface area contributed by atoms with E-state index in [9.17, 15) is 14.7 Å². The van der Waals surface area contributed by atoms with Crippen molar-refractivity contribution in [1.82, 2.24) is 10.7 Å². The van der Waals surface area contributed by atoms with Gasteiger partial charge < -0.3 is 15.2 Å². The summed E-state index contributed by atoms with van der Waals surface area (Å²) in [5, 5.41) is 15.4. The van der Waals surface area contributed by atoms with E-state index in [4.69, 9.17) is 4.74 Å². The fourth-order valence-corrected chi connectivity index (χ4v) is 1.15. The Hall–Kier alpha value is -2.41. The zero-order chi connectivity index (χ0) is 14.1. The Bertz CT molecular complexity index is 474. The molecular formula is C12H15N3O4. The van der Waals surface area contributed by atoms with E-state index in [1.807, 2.05) is 0 Å². The molecule has 7 nitrogen and oxygen atoms in total. The predicted octanol–water partition coefficient (Wildman–Crippen LogP) is -0.395. The van der Waals surface area contributed by atoms with Crippen molar-refractivity contribution < 1.29 is 19.4 Å². The van der Waals surface area contributed by atoms with Crippen LogP contribution in [-0.2, 0) is 14.3 Å². The van der Waals surface area contributed by atoms with Crippen LogP contribution in [0.25, 0.3) is 0 Å². The van der Waals surface area contributed by atoms with Gasteiger partial charge in [0.1, 0.15) is 5.75 Å². The molecule has 0 radical (unpaired) electrons. The van der Waals surface area contributed by atoms with Crippen LogP contribution in [0.4, 0.5) is 0 Å². The summed E-state index contributed by atoms with van der Waals surface area (Å²) in [6.07, 6.45) is 1.25. The van der Waals surface area contributed by atoms with Crippen LogP contribution in [0.3, 0.4) is 0 Å². The van der Waals surface area contributed by atoms with Crippen molar-refractivity contribution in [2.24, 2.45) is 5.10 Å². The first-order chi connectivity index (χ1) is 9.15. The average molecular weight is 265 g/mol. The smallest absolute Gasteiger partial charge is 0.329 e. The standard InChI is InChI=1S/C12H15N3O4/c1-19-7-6-13-11(17)12(18)15-14-8-9-4-2-3-5-10(9)16/h2-5,8,16H,6-7H2,1H3,(H,13,17)(H,15,18). The number of nitrogens with zero attached hydrogens (tertiary/aromatic N) is 1. The molecule has 2 amide bonds. The number of hydrogen-bond acceptors (Lipinski definition) is 5. The summed E-state index contributed by atoms with van der Waals surface area (Å²) in [7, 11) is 1.49. The van der Waals surface area contributed by atoms with Gasteiger partial charge in [-0.1, -0.05) is 12.1 Å². The lowest BCUT2D eigenvalue weighted by molar-refractivity contribution is -0.139. The van der Waals surface area contributed by atoms with Crippen molar-refractivity contribution in [2.75, 3.05) is 20.3 Å². The lowest BCUT2D eigenvalue weighted by atomic mass is 10.2. The van der Waals surface area contributed by atoms with Gasteiger partial charge in [0.15, 0.2) is 0 Å². The van der Waals surface area contributed by atoms with Crippen molar-refractivity contribution in [3.63, 3.8) is 0 Å². The SMILES string of the molecule is COCCNC(=O)C(=O)NN=Cc1ccccc1O. The number of ether oxygens (including phenoxy) is 1. The number of amides is 2.